The Hall–Kier alpha value is -6.86. The molecule has 4 fully saturated rings. The van der Waals surface area contributed by atoms with E-state index < -0.39 is 11.2 Å². The molecular formula is C66H82N10O6S2. The Morgan fingerprint density at radius 2 is 0.905 bits per heavy atom. The van der Waals surface area contributed by atoms with Crippen molar-refractivity contribution in [2.45, 2.75) is 142 Å². The Morgan fingerprint density at radius 3 is 1.29 bits per heavy atom. The second-order valence-electron chi connectivity index (χ2n) is 25.1. The zero-order chi connectivity index (χ0) is 58.5. The molecule has 0 radical (unpaired) electrons. The molecule has 8 aromatic rings. The topological polar surface area (TPSA) is 158 Å². The number of fused-ring (bicyclic) bond motifs is 6. The smallest absolute Gasteiger partial charge is 0.410 e. The molecule has 0 saturated carbocycles. The van der Waals surface area contributed by atoms with E-state index in [1.807, 2.05) is 87.7 Å². The monoisotopic (exact) mass is 1170 g/mol. The molecule has 12 rings (SSSR count). The highest BCUT2D eigenvalue weighted by Crippen LogP contribution is 2.38. The molecule has 0 bridgehead atoms. The fraction of sp³-hybridized carbons (Fsp3) is 0.485. The standard InChI is InChI=1S/2C33H41N5O3S/c2*1-33(2,3)41-32(40)37-20-7-9-27(37)24-12-10-23(11-13-24)26-22-38-28-15-14-25(21-29(28)42-31(38)35-26)30(39)34-16-8-19-36-17-5-4-6-18-36/h2*10-15,21-22,27H,4-9,16-20H2,1-3H3,(H,34,39)/t27-;/m1./s1. The van der Waals surface area contributed by atoms with Crippen molar-refractivity contribution in [1.29, 1.82) is 0 Å². The summed E-state index contributed by atoms with van der Waals surface area (Å²) in [7, 11) is 0. The predicted molar refractivity (Wildman–Crippen MR) is 336 cm³/mol. The van der Waals surface area contributed by atoms with E-state index in [9.17, 15) is 19.2 Å². The zero-order valence-corrected chi connectivity index (χ0v) is 51.4. The third-order valence-corrected chi connectivity index (χ3v) is 18.5. The number of carbonyl (C=O) groups is 4. The van der Waals surface area contributed by atoms with Gasteiger partial charge in [-0.15, -0.1) is 0 Å². The molecule has 1 unspecified atom stereocenters. The van der Waals surface area contributed by atoms with Crippen molar-refractivity contribution in [3.05, 3.63) is 120 Å². The highest BCUT2D eigenvalue weighted by atomic mass is 32.1. The van der Waals surface area contributed by atoms with Crippen LogP contribution in [-0.4, -0.2) is 139 Å². The maximum absolute atomic E-state index is 12.8. The van der Waals surface area contributed by atoms with E-state index >= 15 is 0 Å². The van der Waals surface area contributed by atoms with Gasteiger partial charge in [0.15, 0.2) is 9.92 Å². The number of rotatable bonds is 14. The lowest BCUT2D eigenvalue weighted by Crippen LogP contribution is -2.36. The zero-order valence-electron chi connectivity index (χ0n) is 49.8. The van der Waals surface area contributed by atoms with Crippen LogP contribution in [0.5, 0.6) is 0 Å². The average molecular weight is 1180 g/mol. The van der Waals surface area contributed by atoms with Crippen molar-refractivity contribution >= 4 is 77.0 Å². The number of piperidine rings is 2. The van der Waals surface area contributed by atoms with Gasteiger partial charge in [-0.2, -0.15) is 0 Å². The Morgan fingerprint density at radius 1 is 0.512 bits per heavy atom. The molecule has 16 nitrogen and oxygen atoms in total. The number of hydrogen-bond acceptors (Lipinski definition) is 12. The minimum absolute atomic E-state index is 0.0186. The summed E-state index contributed by atoms with van der Waals surface area (Å²) in [6.45, 7) is 21.1. The molecule has 18 heteroatoms. The number of ether oxygens (including phenoxy) is 2. The normalized spacial score (nSPS) is 18.2. The molecule has 0 aliphatic carbocycles. The van der Waals surface area contributed by atoms with Crippen molar-refractivity contribution < 1.29 is 28.7 Å². The molecule has 4 aromatic heterocycles. The average Bonchev–Trinajstić information content (AvgIpc) is 2.69. The van der Waals surface area contributed by atoms with E-state index in [1.165, 1.54) is 64.7 Å². The van der Waals surface area contributed by atoms with Gasteiger partial charge in [-0.1, -0.05) is 84.0 Å². The summed E-state index contributed by atoms with van der Waals surface area (Å²) in [4.78, 5) is 71.4. The Bertz CT molecular complexity index is 3360. The molecule has 0 spiro atoms. The fourth-order valence-electron chi connectivity index (χ4n) is 12.2. The van der Waals surface area contributed by atoms with Crippen LogP contribution in [0.25, 0.3) is 52.9 Å². The first kappa shape index (κ1) is 58.9. The van der Waals surface area contributed by atoms with Crippen LogP contribution >= 0.6 is 22.7 Å². The van der Waals surface area contributed by atoms with Crippen molar-refractivity contribution in [2.75, 3.05) is 65.4 Å². The quantitative estimate of drug-likeness (QED) is 0.100. The first-order chi connectivity index (χ1) is 40.5. The first-order valence-electron chi connectivity index (χ1n) is 30.5. The molecule has 4 aliphatic rings. The van der Waals surface area contributed by atoms with E-state index in [1.54, 1.807) is 22.7 Å². The highest BCUT2D eigenvalue weighted by Gasteiger charge is 2.35. The molecule has 4 aromatic carbocycles. The van der Waals surface area contributed by atoms with Crippen molar-refractivity contribution in [1.82, 2.24) is 49.0 Å². The van der Waals surface area contributed by atoms with Gasteiger partial charge in [0.1, 0.15) is 11.2 Å². The molecule has 444 valence electrons. The summed E-state index contributed by atoms with van der Waals surface area (Å²) in [5.41, 5.74) is 8.56. The lowest BCUT2D eigenvalue weighted by atomic mass is 10.0. The van der Waals surface area contributed by atoms with Crippen molar-refractivity contribution in [2.24, 2.45) is 0 Å². The molecular weight excluding hydrogens is 1090 g/mol. The van der Waals surface area contributed by atoms with E-state index in [0.29, 0.717) is 37.3 Å². The van der Waals surface area contributed by atoms with E-state index in [4.69, 9.17) is 19.4 Å². The van der Waals surface area contributed by atoms with Gasteiger partial charge in [0.05, 0.1) is 43.9 Å². The van der Waals surface area contributed by atoms with Crippen LogP contribution in [0.1, 0.15) is 163 Å². The van der Waals surface area contributed by atoms with Crippen LogP contribution < -0.4 is 10.6 Å². The Labute approximate surface area is 501 Å². The minimum atomic E-state index is -0.507. The summed E-state index contributed by atoms with van der Waals surface area (Å²) in [5, 5.41) is 6.19. The number of hydrogen-bond donors (Lipinski definition) is 2. The van der Waals surface area contributed by atoms with E-state index in [-0.39, 0.29) is 36.1 Å². The van der Waals surface area contributed by atoms with Gasteiger partial charge in [-0.25, -0.2) is 19.6 Å². The third-order valence-electron chi connectivity index (χ3n) is 16.4. The fourth-order valence-corrected chi connectivity index (χ4v) is 14.3. The van der Waals surface area contributed by atoms with Gasteiger partial charge >= 0.3 is 12.2 Å². The number of benzene rings is 4. The van der Waals surface area contributed by atoms with Crippen molar-refractivity contribution in [3.63, 3.8) is 0 Å². The molecule has 4 aliphatic heterocycles. The van der Waals surface area contributed by atoms with Gasteiger partial charge in [0.25, 0.3) is 11.8 Å². The SMILES string of the molecule is CC(C)(C)OC(=O)N1CCCC1c1ccc(-c2cn3c(n2)sc2cc(C(=O)NCCCN4CCCCC4)ccc23)cc1.CC(C)(C)OC(=O)N1CCC[C@@H]1c1ccc(-c2cn3c(n2)sc2cc(C(=O)NCCCN4CCCCC4)ccc23)cc1. The second kappa shape index (κ2) is 25.8. The maximum atomic E-state index is 12.8. The largest absolute Gasteiger partial charge is 0.444 e. The lowest BCUT2D eigenvalue weighted by molar-refractivity contribution is 0.0214. The van der Waals surface area contributed by atoms with E-state index in [2.05, 4.69) is 90.2 Å². The Kier molecular flexibility index (Phi) is 18.1. The number of aromatic nitrogens is 4. The van der Waals surface area contributed by atoms with Crippen LogP contribution in [0.3, 0.4) is 0 Å². The van der Waals surface area contributed by atoms with Gasteiger partial charge in [-0.05, 0) is 193 Å². The van der Waals surface area contributed by atoms with Crippen LogP contribution in [0.4, 0.5) is 9.59 Å². The van der Waals surface area contributed by atoms with Gasteiger partial charge in [0, 0.05) is 60.8 Å². The number of imidazole rings is 2. The first-order valence-corrected chi connectivity index (χ1v) is 32.2. The minimum Gasteiger partial charge on any atom is -0.444 e. The third kappa shape index (κ3) is 14.1. The lowest BCUT2D eigenvalue weighted by Gasteiger charge is -2.29. The summed E-state index contributed by atoms with van der Waals surface area (Å²) in [6, 6.07) is 28.6. The number of likely N-dealkylation sites (tertiary alicyclic amines) is 4. The molecule has 8 heterocycles. The van der Waals surface area contributed by atoms with Crippen LogP contribution in [0.2, 0.25) is 0 Å². The number of nitrogens with zero attached hydrogens (tertiary/aromatic N) is 8. The summed E-state index contributed by atoms with van der Waals surface area (Å²) < 4.78 is 17.6. The number of thiazole rings is 2. The van der Waals surface area contributed by atoms with Crippen molar-refractivity contribution in [3.8, 4) is 22.5 Å². The maximum Gasteiger partial charge on any atom is 0.410 e. The molecule has 2 atom stereocenters. The predicted octanol–water partition coefficient (Wildman–Crippen LogP) is 13.8. The summed E-state index contributed by atoms with van der Waals surface area (Å²) in [6.07, 6.45) is 17.3. The van der Waals surface area contributed by atoms with Crippen LogP contribution in [0, 0.1) is 0 Å². The molecule has 84 heavy (non-hydrogen) atoms. The molecule has 2 N–H and O–H groups in total. The summed E-state index contributed by atoms with van der Waals surface area (Å²) >= 11 is 3.19. The van der Waals surface area contributed by atoms with Crippen LogP contribution in [0.15, 0.2) is 97.3 Å². The van der Waals surface area contributed by atoms with Gasteiger partial charge < -0.3 is 39.7 Å². The second-order valence-corrected chi connectivity index (χ2v) is 27.1. The highest BCUT2D eigenvalue weighted by molar-refractivity contribution is 7.24. The van der Waals surface area contributed by atoms with Gasteiger partial charge in [0.2, 0.25) is 0 Å². The van der Waals surface area contributed by atoms with Gasteiger partial charge in [-0.3, -0.25) is 18.4 Å². The summed E-state index contributed by atoms with van der Waals surface area (Å²) in [5.74, 6) is -0.0373. The van der Waals surface area contributed by atoms with Crippen LogP contribution in [-0.2, 0) is 9.47 Å². The molecule has 4 saturated heterocycles. The van der Waals surface area contributed by atoms with E-state index in [0.717, 1.165) is 116 Å². The number of nitrogens with one attached hydrogen (secondary N) is 2. The number of amides is 4. The molecule has 4 amide bonds. The Balaban J connectivity index is 0.000000175. The number of carbonyl (C=O) groups excluding carboxylic acids is 4.